The van der Waals surface area contributed by atoms with Crippen molar-refractivity contribution in [3.63, 3.8) is 0 Å². The Kier molecular flexibility index (Phi) is 34.9. The number of rotatable bonds is 35. The van der Waals surface area contributed by atoms with Gasteiger partial charge in [-0.25, -0.2) is 29.9 Å². The monoisotopic (exact) mass is 1940 g/mol. The minimum atomic E-state index is -0.863. The first-order valence-electron chi connectivity index (χ1n) is 48.2. The number of fused-ring (bicyclic) bond motifs is 24. The van der Waals surface area contributed by atoms with Crippen molar-refractivity contribution in [3.8, 4) is 0 Å². The third-order valence-corrected chi connectivity index (χ3v) is 29.1. The lowest BCUT2D eigenvalue weighted by Gasteiger charge is -2.08. The van der Waals surface area contributed by atoms with E-state index in [-0.39, 0.29) is 35.8 Å². The van der Waals surface area contributed by atoms with Crippen LogP contribution in [0, 0.1) is 41.5 Å². The Hall–Kier alpha value is -13.7. The highest BCUT2D eigenvalue weighted by molar-refractivity contribution is 7.99. The first kappa shape index (κ1) is 105. The van der Waals surface area contributed by atoms with Gasteiger partial charge < -0.3 is 61.1 Å². The van der Waals surface area contributed by atoms with E-state index in [0.717, 1.165) is 286 Å². The topological polar surface area (TPSA) is 343 Å². The summed E-state index contributed by atoms with van der Waals surface area (Å²) in [7, 11) is 0. The molecule has 141 heavy (non-hydrogen) atoms. The number of hydrogen-bond acceptors (Lipinski definition) is 15. The molecule has 0 unspecified atom stereocenters. The summed E-state index contributed by atoms with van der Waals surface area (Å²) < 4.78 is 0. The number of thioether (sulfide) groups is 3. The maximum Gasteiger partial charge on any atom is 0.303 e. The number of H-pyrrole nitrogens is 6. The van der Waals surface area contributed by atoms with Crippen molar-refractivity contribution in [2.24, 2.45) is 0 Å². The van der Waals surface area contributed by atoms with Gasteiger partial charge in [0.25, 0.3) is 0 Å². The fourth-order valence-corrected chi connectivity index (χ4v) is 19.8. The average Bonchev–Trinajstić information content (AvgIpc) is 1.62. The van der Waals surface area contributed by atoms with Crippen LogP contribution in [0.5, 0.6) is 0 Å². The lowest BCUT2D eigenvalue weighted by molar-refractivity contribution is -0.137. The largest absolute Gasteiger partial charge is 0.481 e. The lowest BCUT2D eigenvalue weighted by atomic mass is 9.97. The predicted molar refractivity (Wildman–Crippen MR) is 598 cm³/mol. The number of carboxylic acids is 1. The van der Waals surface area contributed by atoms with E-state index in [4.69, 9.17) is 29.9 Å². The van der Waals surface area contributed by atoms with Gasteiger partial charge in [-0.2, -0.15) is 35.3 Å². The number of carboxylic acid groups (broad SMARTS) is 1. The maximum absolute atomic E-state index is 12.8. The third kappa shape index (κ3) is 23.6. The molecule has 6 aliphatic rings. The number of aromatic amines is 6. The normalized spacial score (nSPS) is 12.9. The van der Waals surface area contributed by atoms with Crippen molar-refractivity contribution in [1.29, 1.82) is 0 Å². The molecular formula is C115H132N16O7S3. The summed E-state index contributed by atoms with van der Waals surface area (Å²) in [4.78, 5) is 127. The van der Waals surface area contributed by atoms with Crippen LogP contribution in [0.2, 0.25) is 0 Å². The summed E-state index contributed by atoms with van der Waals surface area (Å²) in [5, 5.41) is 21.6. The summed E-state index contributed by atoms with van der Waals surface area (Å²) in [5.41, 5.74) is 45.2. The number of aryl methyl sites for hydroxylation is 6. The second-order valence-corrected chi connectivity index (χ2v) is 39.2. The highest BCUT2D eigenvalue weighted by Gasteiger charge is 2.29. The predicted octanol–water partition coefficient (Wildman–Crippen LogP) is 25.6. The Morgan fingerprint density at radius 3 is 0.674 bits per heavy atom. The minimum Gasteiger partial charge on any atom is -0.481 e. The zero-order valence-electron chi connectivity index (χ0n) is 84.6. The molecule has 0 fully saturated rings. The number of Topliss-reactive ketones (excluding diaryl/α,β-unsaturated/α-hetero) is 1. The number of nitrogens with zero attached hydrogens (tertiary/aromatic N) is 6. The van der Waals surface area contributed by atoms with Crippen molar-refractivity contribution in [2.75, 3.05) is 62.2 Å². The molecule has 732 valence electrons. The van der Waals surface area contributed by atoms with Crippen molar-refractivity contribution in [2.45, 2.75) is 180 Å². The molecule has 15 heterocycles. The Morgan fingerprint density at radius 1 is 0.284 bits per heavy atom. The van der Waals surface area contributed by atoms with Gasteiger partial charge in [-0.15, -0.1) is 0 Å². The molecule has 9 aromatic heterocycles. The van der Waals surface area contributed by atoms with E-state index in [1.807, 2.05) is 106 Å². The molecule has 26 heteroatoms. The second-order valence-electron chi connectivity index (χ2n) is 36.3. The zero-order valence-corrected chi connectivity index (χ0v) is 87.0. The van der Waals surface area contributed by atoms with Gasteiger partial charge in [0.2, 0.25) is 23.6 Å². The van der Waals surface area contributed by atoms with Crippen LogP contribution >= 0.6 is 35.3 Å². The van der Waals surface area contributed by atoms with E-state index < -0.39 is 5.97 Å². The summed E-state index contributed by atoms with van der Waals surface area (Å²) in [6, 6.07) is 24.7. The van der Waals surface area contributed by atoms with Crippen molar-refractivity contribution in [3.05, 3.63) is 247 Å². The Bertz CT molecular complexity index is 7400. The molecule has 0 radical (unpaired) electrons. The number of carbonyl (C=O) groups excluding carboxylic acids is 5. The van der Waals surface area contributed by atoms with Gasteiger partial charge in [0.15, 0.2) is 0 Å². The standard InChI is InChI=1S/C40H48N6O2S2.C38H43N5O2S.C37H41N5O3/c1-9-27-23(3)31-19-32-25(5)29(11-13-39(47)41-15-17-49-7)37(45-32)22-38-30(12-14-40(48)42-16-18-50-8)26(6)34(46-38)21-36-28(10-2)24(4)33(44-36)20-35(27)43-31;1-9-26-22(4)30-17-31-25(7)29(13-14-38(45)39-15-16-46-8)37(42-31)20-36-28(12-11-21(3)44)24(6)33(43-36)19-35-27(10-2)23(5)32(41-35)18-34(26)40-30;1-8-15-38-36(43)13-11-26-22(6)31-18-33-25(10-3)21(5)30(40-33)17-32-24(9-2)20(4)28(39-32)16-29-23(7)27(12-14-37(44)45)35(41-29)19-34(26)42-31/h9-10,19-22,43-44H,1-2,11-18H2,3-8H3,(H,41,47)(H,42,48);9-10,17-20,40-41H,1-2,11-16H2,3-8H3,(H,39,45);9-10,16-19,39-40H,2-3,8,11-15H2,1,4-7H3,(H,38,43)(H,44,45). The lowest BCUT2D eigenvalue weighted by Crippen LogP contribution is -2.25. The zero-order chi connectivity index (χ0) is 101. The van der Waals surface area contributed by atoms with Gasteiger partial charge in [0, 0.05) is 182 Å². The van der Waals surface area contributed by atoms with E-state index in [2.05, 4.69) is 202 Å². The number of aromatic nitrogens is 12. The van der Waals surface area contributed by atoms with Gasteiger partial charge in [-0.3, -0.25) is 24.0 Å². The van der Waals surface area contributed by atoms with Crippen molar-refractivity contribution < 1.29 is 33.9 Å². The molecule has 0 saturated carbocycles. The summed E-state index contributed by atoms with van der Waals surface area (Å²) in [6.07, 6.45) is 23.1. The van der Waals surface area contributed by atoms with E-state index >= 15 is 0 Å². The number of amides is 4. The maximum atomic E-state index is 12.8. The second kappa shape index (κ2) is 47.1. The molecule has 0 aliphatic carbocycles. The molecule has 15 rings (SSSR count). The van der Waals surface area contributed by atoms with Crippen LogP contribution < -0.4 is 21.3 Å². The van der Waals surface area contributed by atoms with Crippen molar-refractivity contribution >= 4 is 240 Å². The molecule has 11 N–H and O–H groups in total. The third-order valence-electron chi connectivity index (χ3n) is 27.3. The van der Waals surface area contributed by atoms with Crippen LogP contribution in [0.25, 0.3) is 170 Å². The number of allylic oxidation sites excluding steroid dienone is 12. The fraction of sp³-hybridized carbons (Fsp3) is 0.322. The molecule has 6 aliphatic heterocycles. The number of carbonyl (C=O) groups is 6. The van der Waals surface area contributed by atoms with Crippen LogP contribution in [0.1, 0.15) is 274 Å². The first-order chi connectivity index (χ1) is 67.7. The molecule has 4 amide bonds. The van der Waals surface area contributed by atoms with E-state index in [1.54, 1.807) is 42.2 Å². The van der Waals surface area contributed by atoms with Gasteiger partial charge in [-0.1, -0.05) is 82.9 Å². The van der Waals surface area contributed by atoms with Crippen LogP contribution in [0.3, 0.4) is 0 Å². The Labute approximate surface area is 839 Å². The molecular weight excluding hydrogens is 1810 g/mol. The number of ketones is 1. The van der Waals surface area contributed by atoms with Gasteiger partial charge >= 0.3 is 5.97 Å². The van der Waals surface area contributed by atoms with E-state index in [1.165, 1.54) is 0 Å². The van der Waals surface area contributed by atoms with Crippen molar-refractivity contribution in [1.82, 2.24) is 81.1 Å². The summed E-state index contributed by atoms with van der Waals surface area (Å²) in [6.45, 7) is 55.7. The summed E-state index contributed by atoms with van der Waals surface area (Å²) in [5.74, 6) is 1.98. The minimum absolute atomic E-state index is 0.00199. The number of hydrogen-bond donors (Lipinski definition) is 11. The van der Waals surface area contributed by atoms with Crippen LogP contribution in [0.4, 0.5) is 0 Å². The SMILES string of the molecule is C=Cc1c(C)c2cc3[nH]c(cc4nc(cc5nc(cc1[nH]2)C(C)=C5CCC(=O)NCCC)C(CCC(=O)O)=C4C)c(C)c3C=C.C=Cc1c(C)c2cc3[nH]c(cc4nc(cc5nc(cc1[nH]2)C(C)=C5CCC(=O)NCCSC)C(CCC(=O)NCCSC)=C4C)c(C)c3C=C.C=Cc1c(C)c2cc3[nH]c(cc4nc(cc5nc(cc1[nH]2)C(C)=C5CCC(C)=O)C(CCC(=O)NCCSC)=C4C)c(C)c3C=C. The fourth-order valence-electron chi connectivity index (χ4n) is 18.9. The van der Waals surface area contributed by atoms with E-state index in [9.17, 15) is 33.9 Å². The van der Waals surface area contributed by atoms with Crippen LogP contribution in [-0.2, 0) is 28.8 Å². The Morgan fingerprint density at radius 2 is 0.475 bits per heavy atom. The first-order valence-corrected chi connectivity index (χ1v) is 52.4. The van der Waals surface area contributed by atoms with Crippen LogP contribution in [-0.4, -0.2) is 163 Å². The highest BCUT2D eigenvalue weighted by Crippen LogP contribution is 2.44. The molecule has 0 spiro atoms. The summed E-state index contributed by atoms with van der Waals surface area (Å²) >= 11 is 5.12. The van der Waals surface area contributed by atoms with Crippen LogP contribution in [0.15, 0.2) is 112 Å². The molecule has 0 saturated heterocycles. The molecule has 24 bridgehead atoms. The smallest absolute Gasteiger partial charge is 0.303 e. The number of aliphatic carboxylic acids is 1. The van der Waals surface area contributed by atoms with Gasteiger partial charge in [-0.05, 0) is 327 Å². The quantitative estimate of drug-likeness (QED) is 0.0164. The molecule has 0 atom stereocenters. The van der Waals surface area contributed by atoms with Gasteiger partial charge in [0.05, 0.1) is 68.3 Å². The molecule has 9 aromatic rings. The highest BCUT2D eigenvalue weighted by atomic mass is 32.2. The van der Waals surface area contributed by atoms with Gasteiger partial charge in [0.1, 0.15) is 5.78 Å². The molecule has 23 nitrogen and oxygen atoms in total. The van der Waals surface area contributed by atoms with E-state index in [0.29, 0.717) is 103 Å². The Balaban J connectivity index is 0.000000178. The average molecular weight is 1950 g/mol. The molecule has 0 aromatic carbocycles. The number of nitrogens with one attached hydrogen (secondary N) is 10.